The molecule has 0 radical (unpaired) electrons. The van der Waals surface area contributed by atoms with E-state index in [9.17, 15) is 4.79 Å². The van der Waals surface area contributed by atoms with Gasteiger partial charge >= 0.3 is 0 Å². The third-order valence-corrected chi connectivity index (χ3v) is 4.99. The Morgan fingerprint density at radius 2 is 2.15 bits per heavy atom. The summed E-state index contributed by atoms with van der Waals surface area (Å²) in [5.41, 5.74) is 2.60. The molecule has 0 saturated heterocycles. The Morgan fingerprint density at radius 3 is 2.85 bits per heavy atom. The monoisotopic (exact) mass is 277 g/mol. The predicted molar refractivity (Wildman–Crippen MR) is 75.5 cm³/mol. The summed E-state index contributed by atoms with van der Waals surface area (Å²) in [6.07, 6.45) is 6.31. The van der Waals surface area contributed by atoms with Crippen LogP contribution in [0.1, 0.15) is 32.6 Å². The number of carbonyl (C=O) groups excluding carboxylic acids is 1. The number of ether oxygens (including phenoxy) is 1. The molecule has 1 saturated carbocycles. The SMILES string of the molecule is COC1=CN(OC)CC2C(=O)C(C)CC3CCCC1=C32. The summed E-state index contributed by atoms with van der Waals surface area (Å²) in [5.74, 6) is 1.92. The molecule has 3 rings (SSSR count). The summed E-state index contributed by atoms with van der Waals surface area (Å²) in [4.78, 5) is 18.0. The lowest BCUT2D eigenvalue weighted by atomic mass is 9.65. The minimum atomic E-state index is -0.0251. The van der Waals surface area contributed by atoms with Crippen LogP contribution in [0.5, 0.6) is 0 Å². The zero-order chi connectivity index (χ0) is 14.3. The fourth-order valence-electron chi connectivity index (χ4n) is 4.05. The van der Waals surface area contributed by atoms with Crippen molar-refractivity contribution in [2.24, 2.45) is 17.8 Å². The molecule has 0 amide bonds. The Kier molecular flexibility index (Phi) is 3.59. The molecule has 0 aromatic rings. The van der Waals surface area contributed by atoms with E-state index in [1.807, 2.05) is 6.20 Å². The fraction of sp³-hybridized carbons (Fsp3) is 0.688. The Labute approximate surface area is 120 Å². The Bertz CT molecular complexity index is 480. The second-order valence-corrected chi connectivity index (χ2v) is 6.09. The Morgan fingerprint density at radius 1 is 1.35 bits per heavy atom. The minimum absolute atomic E-state index is 0.0251. The van der Waals surface area contributed by atoms with Crippen molar-refractivity contribution in [3.63, 3.8) is 0 Å². The van der Waals surface area contributed by atoms with Crippen molar-refractivity contribution in [1.82, 2.24) is 5.06 Å². The van der Waals surface area contributed by atoms with Crippen molar-refractivity contribution in [1.29, 1.82) is 0 Å². The second-order valence-electron chi connectivity index (χ2n) is 6.09. The van der Waals surface area contributed by atoms with Crippen LogP contribution in [0.25, 0.3) is 0 Å². The molecule has 1 heterocycles. The zero-order valence-electron chi connectivity index (χ0n) is 12.5. The number of carbonyl (C=O) groups is 1. The number of nitrogens with zero attached hydrogens (tertiary/aromatic N) is 1. The molecule has 0 aromatic carbocycles. The van der Waals surface area contributed by atoms with Gasteiger partial charge in [-0.1, -0.05) is 6.92 Å². The number of allylic oxidation sites excluding steroid dienone is 1. The first-order valence-corrected chi connectivity index (χ1v) is 7.49. The van der Waals surface area contributed by atoms with Crippen LogP contribution < -0.4 is 0 Å². The molecule has 2 aliphatic carbocycles. The molecule has 0 bridgehead atoms. The Balaban J connectivity index is 2.09. The van der Waals surface area contributed by atoms with Crippen molar-refractivity contribution >= 4 is 5.78 Å². The molecule has 20 heavy (non-hydrogen) atoms. The highest BCUT2D eigenvalue weighted by molar-refractivity contribution is 5.88. The summed E-state index contributed by atoms with van der Waals surface area (Å²) in [6.45, 7) is 2.68. The molecule has 4 heteroatoms. The summed E-state index contributed by atoms with van der Waals surface area (Å²) in [7, 11) is 3.34. The van der Waals surface area contributed by atoms with Crippen LogP contribution >= 0.6 is 0 Å². The maximum atomic E-state index is 12.6. The van der Waals surface area contributed by atoms with Crippen LogP contribution in [-0.4, -0.2) is 31.6 Å². The number of ketones is 1. The summed E-state index contributed by atoms with van der Waals surface area (Å²) < 4.78 is 5.57. The van der Waals surface area contributed by atoms with E-state index in [1.54, 1.807) is 19.3 Å². The van der Waals surface area contributed by atoms with Gasteiger partial charge in [0.15, 0.2) is 0 Å². The molecule has 3 unspecified atom stereocenters. The van der Waals surface area contributed by atoms with Gasteiger partial charge < -0.3 is 4.74 Å². The Hall–Kier alpha value is -1.29. The minimum Gasteiger partial charge on any atom is -0.495 e. The quantitative estimate of drug-likeness (QED) is 0.778. The van der Waals surface area contributed by atoms with Gasteiger partial charge in [0.2, 0.25) is 0 Å². The van der Waals surface area contributed by atoms with Crippen LogP contribution in [0.4, 0.5) is 0 Å². The van der Waals surface area contributed by atoms with E-state index in [-0.39, 0.29) is 11.8 Å². The van der Waals surface area contributed by atoms with Gasteiger partial charge in [0.25, 0.3) is 0 Å². The number of hydrogen-bond donors (Lipinski definition) is 0. The van der Waals surface area contributed by atoms with Gasteiger partial charge in [-0.25, -0.2) is 0 Å². The molecule has 0 aromatic heterocycles. The summed E-state index contributed by atoms with van der Waals surface area (Å²) in [6, 6.07) is 0. The van der Waals surface area contributed by atoms with Crippen molar-refractivity contribution in [3.05, 3.63) is 23.1 Å². The normalized spacial score (nSPS) is 33.5. The lowest BCUT2D eigenvalue weighted by molar-refractivity contribution is -0.135. The first-order valence-electron chi connectivity index (χ1n) is 7.49. The molecule has 110 valence electrons. The van der Waals surface area contributed by atoms with Gasteiger partial charge in [-0.15, -0.1) is 0 Å². The van der Waals surface area contributed by atoms with E-state index in [1.165, 1.54) is 24.0 Å². The molecule has 3 atom stereocenters. The third kappa shape index (κ3) is 2.06. The molecule has 1 fully saturated rings. The smallest absolute Gasteiger partial charge is 0.144 e. The van der Waals surface area contributed by atoms with E-state index in [2.05, 4.69) is 6.92 Å². The predicted octanol–water partition coefficient (Wildman–Crippen LogP) is 2.67. The number of hydroxylamine groups is 2. The van der Waals surface area contributed by atoms with E-state index in [0.29, 0.717) is 18.2 Å². The number of Topliss-reactive ketones (excluding diaryl/α,β-unsaturated/α-hetero) is 1. The highest BCUT2D eigenvalue weighted by Crippen LogP contribution is 2.47. The van der Waals surface area contributed by atoms with Crippen LogP contribution in [0.2, 0.25) is 0 Å². The average molecular weight is 277 g/mol. The van der Waals surface area contributed by atoms with Crippen LogP contribution in [-0.2, 0) is 14.4 Å². The van der Waals surface area contributed by atoms with Crippen LogP contribution in [0.15, 0.2) is 23.1 Å². The number of methoxy groups -OCH3 is 1. The molecule has 4 nitrogen and oxygen atoms in total. The number of rotatable bonds is 2. The van der Waals surface area contributed by atoms with Crippen molar-refractivity contribution in [3.8, 4) is 0 Å². The van der Waals surface area contributed by atoms with E-state index >= 15 is 0 Å². The zero-order valence-corrected chi connectivity index (χ0v) is 12.5. The summed E-state index contributed by atoms with van der Waals surface area (Å²) >= 11 is 0. The standard InChI is InChI=1S/C16H23NO3/c1-10-7-11-5-4-6-12-14(19-2)9-17(20-3)8-13(15(11)12)16(10)18/h9-11,13H,4-8H2,1-3H3. The first kappa shape index (κ1) is 13.7. The molecular weight excluding hydrogens is 254 g/mol. The first-order chi connectivity index (χ1) is 9.65. The lowest BCUT2D eigenvalue weighted by Crippen LogP contribution is -2.40. The fourth-order valence-corrected chi connectivity index (χ4v) is 4.05. The van der Waals surface area contributed by atoms with Gasteiger partial charge in [0.1, 0.15) is 11.5 Å². The van der Waals surface area contributed by atoms with Gasteiger partial charge in [-0.3, -0.25) is 14.7 Å². The van der Waals surface area contributed by atoms with Gasteiger partial charge in [0, 0.05) is 5.92 Å². The molecular formula is C16H23NO3. The average Bonchev–Trinajstić information content (AvgIpc) is 2.62. The molecule has 0 N–H and O–H groups in total. The van der Waals surface area contributed by atoms with E-state index in [4.69, 9.17) is 9.57 Å². The maximum Gasteiger partial charge on any atom is 0.144 e. The van der Waals surface area contributed by atoms with Gasteiger partial charge in [0.05, 0.1) is 32.9 Å². The van der Waals surface area contributed by atoms with E-state index in [0.717, 1.165) is 18.6 Å². The molecule has 3 aliphatic rings. The second kappa shape index (κ2) is 5.24. The third-order valence-electron chi connectivity index (χ3n) is 4.99. The van der Waals surface area contributed by atoms with Gasteiger partial charge in [-0.05, 0) is 42.7 Å². The largest absolute Gasteiger partial charge is 0.495 e. The summed E-state index contributed by atoms with van der Waals surface area (Å²) in [5, 5.41) is 1.74. The maximum absolute atomic E-state index is 12.6. The highest BCUT2D eigenvalue weighted by Gasteiger charge is 2.43. The van der Waals surface area contributed by atoms with Crippen molar-refractivity contribution in [2.45, 2.75) is 32.6 Å². The van der Waals surface area contributed by atoms with E-state index < -0.39 is 0 Å². The molecule has 0 spiro atoms. The van der Waals surface area contributed by atoms with Crippen molar-refractivity contribution in [2.75, 3.05) is 20.8 Å². The van der Waals surface area contributed by atoms with Crippen LogP contribution in [0, 0.1) is 17.8 Å². The lowest BCUT2D eigenvalue weighted by Gasteiger charge is -2.39. The van der Waals surface area contributed by atoms with Gasteiger partial charge in [-0.2, -0.15) is 0 Å². The van der Waals surface area contributed by atoms with Crippen LogP contribution in [0.3, 0.4) is 0 Å². The van der Waals surface area contributed by atoms with Crippen molar-refractivity contribution < 1.29 is 14.4 Å². The number of hydrogen-bond acceptors (Lipinski definition) is 4. The highest BCUT2D eigenvalue weighted by atomic mass is 16.7. The molecule has 1 aliphatic heterocycles. The topological polar surface area (TPSA) is 38.8 Å².